The summed E-state index contributed by atoms with van der Waals surface area (Å²) in [5.41, 5.74) is 3.32. The van der Waals surface area contributed by atoms with Crippen molar-refractivity contribution in [3.05, 3.63) is 71.7 Å². The molecule has 0 bridgehead atoms. The number of pyridine rings is 1. The number of carbonyl (C=O) groups excluding carboxylic acids is 2. The predicted octanol–water partition coefficient (Wildman–Crippen LogP) is 3.31. The Morgan fingerprint density at radius 3 is 2.85 bits per heavy atom. The second-order valence-corrected chi connectivity index (χ2v) is 9.15. The van der Waals surface area contributed by atoms with Gasteiger partial charge in [0.05, 0.1) is 5.69 Å². The number of hydrogen-bond acceptors (Lipinski definition) is 5. The summed E-state index contributed by atoms with van der Waals surface area (Å²) in [6.07, 6.45) is 7.58. The number of allylic oxidation sites excluding steroid dienone is 1. The molecule has 1 saturated heterocycles. The van der Waals surface area contributed by atoms with E-state index in [0.717, 1.165) is 48.5 Å². The zero-order valence-corrected chi connectivity index (χ0v) is 18.8. The lowest BCUT2D eigenvalue weighted by atomic mass is 9.92. The predicted molar refractivity (Wildman–Crippen MR) is 124 cm³/mol. The standard InChI is InChI=1S/C26H30N4O3/c1-17-9-12-23(25(31)29-17)30-16-18-14-20(10-11-21(18)26(30)32)33-24-8-3-2-7-22(24)28-15-19-6-4-5-13-27-19/h4-6,10-11,13-14,22-24,28H,1-3,7-9,12,15-16H2,(H,29,31)/t22-,23?,24-/m0/s1. The Balaban J connectivity index is 1.25. The zero-order valence-electron chi connectivity index (χ0n) is 18.8. The van der Waals surface area contributed by atoms with Crippen molar-refractivity contribution in [2.24, 2.45) is 0 Å². The van der Waals surface area contributed by atoms with Crippen LogP contribution in [0.2, 0.25) is 0 Å². The third-order valence-corrected chi connectivity index (χ3v) is 6.87. The Bertz CT molecular complexity index is 1050. The normalized spacial score (nSPS) is 25.0. The van der Waals surface area contributed by atoms with Crippen LogP contribution in [0.4, 0.5) is 0 Å². The van der Waals surface area contributed by atoms with Gasteiger partial charge in [0.2, 0.25) is 5.91 Å². The highest BCUT2D eigenvalue weighted by molar-refractivity contribution is 6.01. The number of benzene rings is 1. The molecule has 5 rings (SSSR count). The number of nitrogens with one attached hydrogen (secondary N) is 2. The molecule has 3 atom stereocenters. The highest BCUT2D eigenvalue weighted by Gasteiger charge is 2.38. The molecule has 2 amide bonds. The Hall–Kier alpha value is -3.19. The van der Waals surface area contributed by atoms with Gasteiger partial charge in [-0.3, -0.25) is 14.6 Å². The number of ether oxygens (including phenoxy) is 1. The van der Waals surface area contributed by atoms with Crippen LogP contribution in [0, 0.1) is 0 Å². The maximum atomic E-state index is 13.0. The van der Waals surface area contributed by atoms with Gasteiger partial charge < -0.3 is 20.3 Å². The lowest BCUT2D eigenvalue weighted by Crippen LogP contribution is -2.49. The molecule has 2 fully saturated rings. The van der Waals surface area contributed by atoms with E-state index in [2.05, 4.69) is 22.2 Å². The summed E-state index contributed by atoms with van der Waals surface area (Å²) in [5, 5.41) is 6.41. The summed E-state index contributed by atoms with van der Waals surface area (Å²) in [5.74, 6) is 0.547. The summed E-state index contributed by atoms with van der Waals surface area (Å²) in [4.78, 5) is 31.5. The molecular formula is C26H30N4O3. The second kappa shape index (κ2) is 9.35. The van der Waals surface area contributed by atoms with Crippen LogP contribution < -0.4 is 15.4 Å². The quantitative estimate of drug-likeness (QED) is 0.711. The van der Waals surface area contributed by atoms with E-state index in [0.29, 0.717) is 24.9 Å². The van der Waals surface area contributed by atoms with Gasteiger partial charge in [-0.25, -0.2) is 0 Å². The van der Waals surface area contributed by atoms with Crippen molar-refractivity contribution in [2.75, 3.05) is 0 Å². The van der Waals surface area contributed by atoms with E-state index < -0.39 is 6.04 Å². The molecule has 1 aliphatic carbocycles. The van der Waals surface area contributed by atoms with E-state index in [4.69, 9.17) is 4.74 Å². The van der Waals surface area contributed by atoms with E-state index in [1.165, 1.54) is 6.42 Å². The Kier molecular flexibility index (Phi) is 6.13. The minimum Gasteiger partial charge on any atom is -0.489 e. The van der Waals surface area contributed by atoms with Gasteiger partial charge in [0, 0.05) is 36.6 Å². The number of rotatable bonds is 6. The van der Waals surface area contributed by atoms with Gasteiger partial charge >= 0.3 is 0 Å². The Morgan fingerprint density at radius 2 is 2.03 bits per heavy atom. The van der Waals surface area contributed by atoms with Crippen LogP contribution >= 0.6 is 0 Å². The van der Waals surface area contributed by atoms with Crippen molar-refractivity contribution in [3.63, 3.8) is 0 Å². The summed E-state index contributed by atoms with van der Waals surface area (Å²) in [6.45, 7) is 4.98. The molecule has 1 aromatic carbocycles. The largest absolute Gasteiger partial charge is 0.489 e. The van der Waals surface area contributed by atoms with Crippen LogP contribution in [0.3, 0.4) is 0 Å². The molecule has 3 heterocycles. The molecule has 3 aliphatic rings. The number of hydrogen-bond donors (Lipinski definition) is 2. The monoisotopic (exact) mass is 446 g/mol. The topological polar surface area (TPSA) is 83.6 Å². The summed E-state index contributed by atoms with van der Waals surface area (Å²) < 4.78 is 6.43. The smallest absolute Gasteiger partial charge is 0.255 e. The van der Waals surface area contributed by atoms with Crippen molar-refractivity contribution in [2.45, 2.75) is 69.8 Å². The lowest BCUT2D eigenvalue weighted by molar-refractivity contribution is -0.126. The Morgan fingerprint density at radius 1 is 1.15 bits per heavy atom. The van der Waals surface area contributed by atoms with Crippen LogP contribution in [0.15, 0.2) is 54.9 Å². The fourth-order valence-corrected chi connectivity index (χ4v) is 5.09. The van der Waals surface area contributed by atoms with E-state index in [-0.39, 0.29) is 24.0 Å². The van der Waals surface area contributed by atoms with Gasteiger partial charge in [0.15, 0.2) is 0 Å². The maximum absolute atomic E-state index is 13.0. The highest BCUT2D eigenvalue weighted by atomic mass is 16.5. The first-order valence-corrected chi connectivity index (χ1v) is 11.8. The molecule has 2 N–H and O–H groups in total. The first-order valence-electron chi connectivity index (χ1n) is 11.8. The molecule has 2 aliphatic heterocycles. The van der Waals surface area contributed by atoms with Gasteiger partial charge in [-0.05, 0) is 68.0 Å². The van der Waals surface area contributed by atoms with Gasteiger partial charge in [0.1, 0.15) is 17.9 Å². The average Bonchev–Trinajstić information content (AvgIpc) is 3.14. The molecule has 1 unspecified atom stereocenters. The molecule has 1 saturated carbocycles. The van der Waals surface area contributed by atoms with Crippen molar-refractivity contribution in [1.82, 2.24) is 20.5 Å². The Labute approximate surface area is 194 Å². The number of amides is 2. The van der Waals surface area contributed by atoms with Gasteiger partial charge in [-0.2, -0.15) is 0 Å². The molecule has 2 aromatic rings. The molecular weight excluding hydrogens is 416 g/mol. The third kappa shape index (κ3) is 4.64. The van der Waals surface area contributed by atoms with Crippen LogP contribution in [0.5, 0.6) is 5.75 Å². The average molecular weight is 447 g/mol. The first kappa shape index (κ1) is 21.6. The van der Waals surface area contributed by atoms with Gasteiger partial charge in [0.25, 0.3) is 5.91 Å². The SMILES string of the molecule is C=C1CCC(N2Cc3cc(O[C@H]4CCCC[C@@H]4NCc4ccccn4)ccc3C2=O)C(=O)N1. The van der Waals surface area contributed by atoms with Crippen LogP contribution in [-0.4, -0.2) is 39.9 Å². The molecule has 1 aromatic heterocycles. The molecule has 0 spiro atoms. The third-order valence-electron chi connectivity index (χ3n) is 6.87. The number of fused-ring (bicyclic) bond motifs is 1. The van der Waals surface area contributed by atoms with Crippen molar-refractivity contribution < 1.29 is 14.3 Å². The van der Waals surface area contributed by atoms with Gasteiger partial charge in [-0.1, -0.05) is 19.1 Å². The molecule has 7 nitrogen and oxygen atoms in total. The highest BCUT2D eigenvalue weighted by Crippen LogP contribution is 2.32. The first-order chi connectivity index (χ1) is 16.1. The lowest BCUT2D eigenvalue weighted by Gasteiger charge is -2.32. The summed E-state index contributed by atoms with van der Waals surface area (Å²) in [7, 11) is 0. The van der Waals surface area contributed by atoms with E-state index >= 15 is 0 Å². The minimum atomic E-state index is -0.446. The van der Waals surface area contributed by atoms with Crippen molar-refractivity contribution in [1.29, 1.82) is 0 Å². The summed E-state index contributed by atoms with van der Waals surface area (Å²) in [6, 6.07) is 11.5. The molecule has 33 heavy (non-hydrogen) atoms. The zero-order chi connectivity index (χ0) is 22.8. The van der Waals surface area contributed by atoms with E-state index in [9.17, 15) is 9.59 Å². The van der Waals surface area contributed by atoms with Crippen molar-refractivity contribution >= 4 is 11.8 Å². The fraction of sp³-hybridized carbons (Fsp3) is 0.423. The maximum Gasteiger partial charge on any atom is 0.255 e. The minimum absolute atomic E-state index is 0.0730. The van der Waals surface area contributed by atoms with E-state index in [1.54, 1.807) is 4.90 Å². The molecule has 0 radical (unpaired) electrons. The molecule has 172 valence electrons. The van der Waals surface area contributed by atoms with Crippen LogP contribution in [-0.2, 0) is 17.9 Å². The number of piperidine rings is 1. The van der Waals surface area contributed by atoms with Crippen LogP contribution in [0.25, 0.3) is 0 Å². The number of nitrogens with zero attached hydrogens (tertiary/aromatic N) is 2. The second-order valence-electron chi connectivity index (χ2n) is 9.15. The van der Waals surface area contributed by atoms with Crippen molar-refractivity contribution in [3.8, 4) is 5.75 Å². The number of carbonyl (C=O) groups is 2. The summed E-state index contributed by atoms with van der Waals surface area (Å²) >= 11 is 0. The van der Waals surface area contributed by atoms with E-state index in [1.807, 2.05) is 42.6 Å². The molecule has 7 heteroatoms. The van der Waals surface area contributed by atoms with Crippen LogP contribution in [0.1, 0.15) is 60.1 Å². The van der Waals surface area contributed by atoms with Gasteiger partial charge in [-0.15, -0.1) is 0 Å². The fourth-order valence-electron chi connectivity index (χ4n) is 5.09. The number of aromatic nitrogens is 1.